The van der Waals surface area contributed by atoms with Gasteiger partial charge < -0.3 is 10.3 Å². The molecule has 0 saturated heterocycles. The molecule has 5 heteroatoms. The summed E-state index contributed by atoms with van der Waals surface area (Å²) in [6.07, 6.45) is 7.33. The van der Waals surface area contributed by atoms with Crippen LogP contribution in [-0.2, 0) is 6.42 Å². The number of hydrogen-bond acceptors (Lipinski definition) is 3. The van der Waals surface area contributed by atoms with Crippen molar-refractivity contribution in [3.63, 3.8) is 0 Å². The van der Waals surface area contributed by atoms with Crippen molar-refractivity contribution < 1.29 is 5.73 Å². The second-order valence-corrected chi connectivity index (χ2v) is 8.14. The maximum Gasteiger partial charge on any atom is 0.191 e. The van der Waals surface area contributed by atoms with Gasteiger partial charge in [0.2, 0.25) is 0 Å². The molecular formula is C21H27N4S+. The van der Waals surface area contributed by atoms with Crippen molar-refractivity contribution in [2.24, 2.45) is 0 Å². The highest BCUT2D eigenvalue weighted by atomic mass is 32.2. The van der Waals surface area contributed by atoms with Gasteiger partial charge in [0.1, 0.15) is 5.82 Å². The minimum absolute atomic E-state index is 0.552. The Kier molecular flexibility index (Phi) is 5.56. The maximum absolute atomic E-state index is 4.62. The van der Waals surface area contributed by atoms with Crippen LogP contribution in [0.15, 0.2) is 47.6 Å². The third-order valence-electron chi connectivity index (χ3n) is 5.28. The van der Waals surface area contributed by atoms with Crippen molar-refractivity contribution in [1.82, 2.24) is 14.8 Å². The van der Waals surface area contributed by atoms with Crippen LogP contribution >= 0.6 is 11.8 Å². The number of hydrogen-bond donors (Lipinski definition) is 1. The molecule has 0 amide bonds. The van der Waals surface area contributed by atoms with Crippen LogP contribution in [0.1, 0.15) is 49.5 Å². The van der Waals surface area contributed by atoms with Crippen molar-refractivity contribution >= 4 is 22.5 Å². The summed E-state index contributed by atoms with van der Waals surface area (Å²) in [5.41, 5.74) is 5.31. The van der Waals surface area contributed by atoms with Crippen LogP contribution in [0.2, 0.25) is 0 Å². The molecule has 1 heterocycles. The lowest BCUT2D eigenvalue weighted by Crippen LogP contribution is -2.51. The monoisotopic (exact) mass is 367 g/mol. The third-order valence-corrected chi connectivity index (χ3v) is 6.31. The first kappa shape index (κ1) is 17.6. The molecule has 0 spiro atoms. The van der Waals surface area contributed by atoms with Crippen LogP contribution in [0.3, 0.4) is 0 Å². The van der Waals surface area contributed by atoms with E-state index in [1.807, 2.05) is 0 Å². The summed E-state index contributed by atoms with van der Waals surface area (Å²) in [6, 6.07) is 15.7. The van der Waals surface area contributed by atoms with Gasteiger partial charge in [-0.3, -0.25) is 0 Å². The Balaban J connectivity index is 1.70. The van der Waals surface area contributed by atoms with Crippen molar-refractivity contribution in [3.05, 3.63) is 53.9 Å². The van der Waals surface area contributed by atoms with E-state index in [9.17, 15) is 0 Å². The average Bonchev–Trinajstić information content (AvgIpc) is 3.10. The first-order chi connectivity index (χ1) is 12.9. The van der Waals surface area contributed by atoms with Gasteiger partial charge in [-0.15, -0.1) is 10.2 Å². The standard InChI is InChI=1S/C21H26N4S/c22-13-14-26-21-24-23-20(25(21)18-10-2-1-3-11-18)15-17-9-6-8-16-7-4-5-12-19(16)17/h4-9,12,18H,1-3,10-11,13-15,22H2/p+1. The fraction of sp³-hybridized carbons (Fsp3) is 0.429. The van der Waals surface area contributed by atoms with E-state index in [4.69, 9.17) is 0 Å². The van der Waals surface area contributed by atoms with Gasteiger partial charge in [-0.05, 0) is 29.2 Å². The topological polar surface area (TPSA) is 58.4 Å². The summed E-state index contributed by atoms with van der Waals surface area (Å²) in [5.74, 6) is 2.11. The van der Waals surface area contributed by atoms with Crippen LogP contribution < -0.4 is 5.73 Å². The first-order valence-corrected chi connectivity index (χ1v) is 10.7. The van der Waals surface area contributed by atoms with E-state index in [0.717, 1.165) is 29.7 Å². The number of aromatic nitrogens is 3. The molecule has 1 aliphatic rings. The van der Waals surface area contributed by atoms with E-state index in [1.54, 1.807) is 11.8 Å². The minimum Gasteiger partial charge on any atom is -0.357 e. The molecule has 4 rings (SSSR count). The molecule has 1 fully saturated rings. The summed E-state index contributed by atoms with van der Waals surface area (Å²) in [7, 11) is 0. The van der Waals surface area contributed by atoms with Gasteiger partial charge in [0.05, 0.1) is 12.3 Å². The second kappa shape index (κ2) is 8.23. The Morgan fingerprint density at radius 3 is 2.65 bits per heavy atom. The normalized spacial score (nSPS) is 15.6. The van der Waals surface area contributed by atoms with E-state index < -0.39 is 0 Å². The second-order valence-electron chi connectivity index (χ2n) is 7.08. The van der Waals surface area contributed by atoms with E-state index in [0.29, 0.717) is 6.04 Å². The number of benzene rings is 2. The van der Waals surface area contributed by atoms with Gasteiger partial charge >= 0.3 is 0 Å². The number of rotatable bonds is 6. The Morgan fingerprint density at radius 2 is 1.81 bits per heavy atom. The largest absolute Gasteiger partial charge is 0.357 e. The summed E-state index contributed by atoms with van der Waals surface area (Å²) < 4.78 is 2.45. The van der Waals surface area contributed by atoms with Gasteiger partial charge in [0, 0.05) is 12.5 Å². The highest BCUT2D eigenvalue weighted by Crippen LogP contribution is 2.33. The SMILES string of the molecule is [NH3+]CCSc1nnc(Cc2cccc3ccccc23)n1C1CCCCC1. The summed E-state index contributed by atoms with van der Waals surface area (Å²) in [4.78, 5) is 0. The van der Waals surface area contributed by atoms with Crippen molar-refractivity contribution in [2.45, 2.75) is 49.7 Å². The molecule has 1 aliphatic carbocycles. The zero-order valence-electron chi connectivity index (χ0n) is 15.2. The molecular weight excluding hydrogens is 340 g/mol. The van der Waals surface area contributed by atoms with Crippen LogP contribution in [0.4, 0.5) is 0 Å². The van der Waals surface area contributed by atoms with E-state index in [2.05, 4.69) is 63.0 Å². The molecule has 0 atom stereocenters. The van der Waals surface area contributed by atoms with Gasteiger partial charge in [0.25, 0.3) is 0 Å². The zero-order valence-corrected chi connectivity index (χ0v) is 16.0. The number of thioether (sulfide) groups is 1. The van der Waals surface area contributed by atoms with Crippen LogP contribution in [0.25, 0.3) is 10.8 Å². The fourth-order valence-corrected chi connectivity index (χ4v) is 4.83. The Bertz CT molecular complexity index is 862. The zero-order chi connectivity index (χ0) is 17.8. The molecule has 0 bridgehead atoms. The quantitative estimate of drug-likeness (QED) is 0.673. The number of quaternary nitrogens is 1. The fourth-order valence-electron chi connectivity index (χ4n) is 4.01. The predicted molar refractivity (Wildman–Crippen MR) is 107 cm³/mol. The first-order valence-electron chi connectivity index (χ1n) is 9.69. The molecule has 3 N–H and O–H groups in total. The van der Waals surface area contributed by atoms with Gasteiger partial charge in [0.15, 0.2) is 5.16 Å². The summed E-state index contributed by atoms with van der Waals surface area (Å²) in [5, 5.41) is 12.9. The van der Waals surface area contributed by atoms with Crippen LogP contribution in [-0.4, -0.2) is 27.1 Å². The lowest BCUT2D eigenvalue weighted by molar-refractivity contribution is -0.360. The molecule has 1 aromatic heterocycles. The highest BCUT2D eigenvalue weighted by Gasteiger charge is 2.23. The molecule has 0 radical (unpaired) electrons. The molecule has 2 aromatic carbocycles. The Labute approximate surface area is 159 Å². The van der Waals surface area contributed by atoms with Crippen LogP contribution in [0, 0.1) is 0 Å². The molecule has 0 aliphatic heterocycles. The van der Waals surface area contributed by atoms with E-state index >= 15 is 0 Å². The number of fused-ring (bicyclic) bond motifs is 1. The van der Waals surface area contributed by atoms with E-state index in [-0.39, 0.29) is 0 Å². The molecule has 3 aromatic rings. The van der Waals surface area contributed by atoms with Crippen molar-refractivity contribution in [1.29, 1.82) is 0 Å². The molecule has 26 heavy (non-hydrogen) atoms. The molecule has 1 saturated carbocycles. The number of nitrogens with zero attached hydrogens (tertiary/aromatic N) is 3. The summed E-state index contributed by atoms with van der Waals surface area (Å²) in [6.45, 7) is 0.918. The maximum atomic E-state index is 4.62. The molecule has 4 nitrogen and oxygen atoms in total. The lowest BCUT2D eigenvalue weighted by atomic mass is 9.95. The minimum atomic E-state index is 0.552. The third kappa shape index (κ3) is 3.64. The van der Waals surface area contributed by atoms with Gasteiger partial charge in [-0.1, -0.05) is 73.5 Å². The highest BCUT2D eigenvalue weighted by molar-refractivity contribution is 7.99. The van der Waals surface area contributed by atoms with Crippen molar-refractivity contribution in [3.8, 4) is 0 Å². The average molecular weight is 368 g/mol. The molecule has 136 valence electrons. The van der Waals surface area contributed by atoms with Crippen LogP contribution in [0.5, 0.6) is 0 Å². The smallest absolute Gasteiger partial charge is 0.191 e. The predicted octanol–water partition coefficient (Wildman–Crippen LogP) is 3.86. The van der Waals surface area contributed by atoms with E-state index in [1.165, 1.54) is 48.4 Å². The Morgan fingerprint density at radius 1 is 1.00 bits per heavy atom. The molecule has 0 unspecified atom stereocenters. The van der Waals surface area contributed by atoms with Gasteiger partial charge in [-0.2, -0.15) is 0 Å². The Hall–Kier alpha value is -1.85. The summed E-state index contributed by atoms with van der Waals surface area (Å²) >= 11 is 1.80. The van der Waals surface area contributed by atoms with Crippen molar-refractivity contribution in [2.75, 3.05) is 12.3 Å². The lowest BCUT2D eigenvalue weighted by Gasteiger charge is -2.25. The van der Waals surface area contributed by atoms with Gasteiger partial charge in [-0.25, -0.2) is 0 Å².